The fourth-order valence-electron chi connectivity index (χ4n) is 1.69. The van der Waals surface area contributed by atoms with Gasteiger partial charge >= 0.3 is 0 Å². The molecule has 1 aliphatic rings. The Hall–Kier alpha value is -2.29. The van der Waals surface area contributed by atoms with Crippen LogP contribution in [0.2, 0.25) is 0 Å². The molecule has 0 unspecified atom stereocenters. The Bertz CT molecular complexity index is 549. The SMILES string of the molecule is C1=Cc2cc(OCc3ccccc3)ncc2[N]1. The van der Waals surface area contributed by atoms with Gasteiger partial charge in [0.25, 0.3) is 0 Å². The molecule has 0 bridgehead atoms. The Kier molecular flexibility index (Phi) is 2.50. The highest BCUT2D eigenvalue weighted by Crippen LogP contribution is 2.25. The van der Waals surface area contributed by atoms with Gasteiger partial charge in [0.15, 0.2) is 0 Å². The predicted molar refractivity (Wildman–Crippen MR) is 65.8 cm³/mol. The molecule has 2 aromatic rings. The van der Waals surface area contributed by atoms with Gasteiger partial charge in [-0.2, -0.15) is 0 Å². The van der Waals surface area contributed by atoms with Crippen LogP contribution in [0.1, 0.15) is 11.1 Å². The molecule has 2 heterocycles. The molecule has 0 amide bonds. The molecular weight excluding hydrogens is 212 g/mol. The summed E-state index contributed by atoms with van der Waals surface area (Å²) in [6.45, 7) is 0.535. The van der Waals surface area contributed by atoms with E-state index in [2.05, 4.69) is 10.3 Å². The van der Waals surface area contributed by atoms with E-state index in [1.165, 1.54) is 0 Å². The fraction of sp³-hybridized carbons (Fsp3) is 0.0714. The number of fused-ring (bicyclic) bond motifs is 1. The van der Waals surface area contributed by atoms with E-state index in [4.69, 9.17) is 4.74 Å². The standard InChI is InChI=1S/C14H11N2O/c1-2-4-11(5-3-1)10-17-14-8-12-6-7-15-13(12)9-16-14/h1-9H,10H2. The van der Waals surface area contributed by atoms with E-state index in [0.717, 1.165) is 16.8 Å². The smallest absolute Gasteiger partial charge is 0.214 e. The maximum Gasteiger partial charge on any atom is 0.214 e. The highest BCUT2D eigenvalue weighted by Gasteiger charge is 2.08. The van der Waals surface area contributed by atoms with Crippen molar-refractivity contribution in [1.82, 2.24) is 10.3 Å². The molecule has 0 fully saturated rings. The summed E-state index contributed by atoms with van der Waals surface area (Å²) in [5.74, 6) is 0.634. The highest BCUT2D eigenvalue weighted by molar-refractivity contribution is 5.68. The molecule has 83 valence electrons. The van der Waals surface area contributed by atoms with Crippen molar-refractivity contribution in [3.05, 3.63) is 59.9 Å². The van der Waals surface area contributed by atoms with Crippen LogP contribution >= 0.6 is 0 Å². The number of hydrogen-bond acceptors (Lipinski definition) is 2. The Morgan fingerprint density at radius 1 is 1.12 bits per heavy atom. The summed E-state index contributed by atoms with van der Waals surface area (Å²) >= 11 is 0. The van der Waals surface area contributed by atoms with Gasteiger partial charge in [-0.1, -0.05) is 30.3 Å². The van der Waals surface area contributed by atoms with Crippen molar-refractivity contribution >= 4 is 11.8 Å². The monoisotopic (exact) mass is 223 g/mol. The lowest BCUT2D eigenvalue weighted by molar-refractivity contribution is 0.294. The lowest BCUT2D eigenvalue weighted by Crippen LogP contribution is -1.97. The average molecular weight is 223 g/mol. The topological polar surface area (TPSA) is 36.2 Å². The Morgan fingerprint density at radius 2 is 2.00 bits per heavy atom. The van der Waals surface area contributed by atoms with Gasteiger partial charge in [0, 0.05) is 17.8 Å². The second-order valence-electron chi connectivity index (χ2n) is 3.80. The fourth-order valence-corrected chi connectivity index (χ4v) is 1.69. The van der Waals surface area contributed by atoms with Crippen LogP contribution in [0, 0.1) is 0 Å². The quantitative estimate of drug-likeness (QED) is 0.802. The molecular formula is C14H11N2O. The second-order valence-corrected chi connectivity index (χ2v) is 3.80. The molecule has 0 spiro atoms. The van der Waals surface area contributed by atoms with Crippen LogP contribution in [0.25, 0.3) is 6.08 Å². The first-order valence-corrected chi connectivity index (χ1v) is 5.46. The van der Waals surface area contributed by atoms with E-state index in [9.17, 15) is 0 Å². The number of rotatable bonds is 3. The van der Waals surface area contributed by atoms with Gasteiger partial charge in [-0.05, 0) is 11.6 Å². The van der Waals surface area contributed by atoms with Crippen molar-refractivity contribution < 1.29 is 4.74 Å². The van der Waals surface area contributed by atoms with Gasteiger partial charge < -0.3 is 4.74 Å². The molecule has 0 N–H and O–H groups in total. The third kappa shape index (κ3) is 2.13. The minimum Gasteiger partial charge on any atom is -0.473 e. The summed E-state index contributed by atoms with van der Waals surface area (Å²) in [7, 11) is 0. The molecule has 3 heteroatoms. The summed E-state index contributed by atoms with van der Waals surface area (Å²) in [5.41, 5.74) is 3.09. The number of ether oxygens (including phenoxy) is 1. The maximum absolute atomic E-state index is 5.63. The molecule has 3 rings (SSSR count). The molecule has 1 radical (unpaired) electrons. The first-order chi connectivity index (χ1) is 8.42. The third-order valence-corrected chi connectivity index (χ3v) is 2.59. The van der Waals surface area contributed by atoms with Gasteiger partial charge in [0.05, 0.1) is 11.9 Å². The number of hydrogen-bond donors (Lipinski definition) is 0. The van der Waals surface area contributed by atoms with E-state index >= 15 is 0 Å². The summed E-state index contributed by atoms with van der Waals surface area (Å²) < 4.78 is 5.63. The molecule has 0 atom stereocenters. The van der Waals surface area contributed by atoms with E-state index in [0.29, 0.717) is 12.5 Å². The molecule has 1 aromatic heterocycles. The van der Waals surface area contributed by atoms with Crippen LogP contribution in [0.4, 0.5) is 5.69 Å². The normalized spacial score (nSPS) is 12.0. The summed E-state index contributed by atoms with van der Waals surface area (Å²) in [5, 5.41) is 4.16. The Morgan fingerprint density at radius 3 is 2.88 bits per heavy atom. The Balaban J connectivity index is 1.72. The predicted octanol–water partition coefficient (Wildman–Crippen LogP) is 2.88. The van der Waals surface area contributed by atoms with Gasteiger partial charge in [0.2, 0.25) is 5.88 Å². The lowest BCUT2D eigenvalue weighted by atomic mass is 10.2. The largest absolute Gasteiger partial charge is 0.473 e. The summed E-state index contributed by atoms with van der Waals surface area (Å²) in [6.07, 6.45) is 5.45. The van der Waals surface area contributed by atoms with Crippen LogP contribution < -0.4 is 10.1 Å². The van der Waals surface area contributed by atoms with Gasteiger partial charge in [0.1, 0.15) is 6.61 Å². The molecule has 0 aliphatic carbocycles. The molecule has 17 heavy (non-hydrogen) atoms. The summed E-state index contributed by atoms with van der Waals surface area (Å²) in [4.78, 5) is 4.21. The van der Waals surface area contributed by atoms with Crippen molar-refractivity contribution in [3.8, 4) is 5.88 Å². The first kappa shape index (κ1) is 9.90. The number of aromatic nitrogens is 1. The van der Waals surface area contributed by atoms with Crippen LogP contribution in [0.15, 0.2) is 48.8 Å². The highest BCUT2D eigenvalue weighted by atomic mass is 16.5. The lowest BCUT2D eigenvalue weighted by Gasteiger charge is -2.06. The zero-order valence-electron chi connectivity index (χ0n) is 9.21. The van der Waals surface area contributed by atoms with Crippen LogP contribution in [0.3, 0.4) is 0 Å². The van der Waals surface area contributed by atoms with E-state index in [-0.39, 0.29) is 0 Å². The number of nitrogens with zero attached hydrogens (tertiary/aromatic N) is 2. The molecule has 3 nitrogen and oxygen atoms in total. The van der Waals surface area contributed by atoms with Crippen molar-refractivity contribution in [2.24, 2.45) is 0 Å². The van der Waals surface area contributed by atoms with Crippen LogP contribution in [0.5, 0.6) is 5.88 Å². The van der Waals surface area contributed by atoms with Crippen molar-refractivity contribution in [2.75, 3.05) is 0 Å². The van der Waals surface area contributed by atoms with Crippen LogP contribution in [-0.2, 0) is 6.61 Å². The minimum atomic E-state index is 0.535. The zero-order chi connectivity index (χ0) is 11.5. The molecule has 1 aromatic carbocycles. The van der Waals surface area contributed by atoms with Crippen molar-refractivity contribution in [3.63, 3.8) is 0 Å². The average Bonchev–Trinajstić information content (AvgIpc) is 2.85. The van der Waals surface area contributed by atoms with Gasteiger partial charge in [-0.3, -0.25) is 5.32 Å². The van der Waals surface area contributed by atoms with E-state index in [1.807, 2.05) is 42.5 Å². The number of pyridine rings is 1. The van der Waals surface area contributed by atoms with Crippen LogP contribution in [-0.4, -0.2) is 4.98 Å². The Labute approximate surface area is 99.8 Å². The van der Waals surface area contributed by atoms with Crippen molar-refractivity contribution in [1.29, 1.82) is 0 Å². The van der Waals surface area contributed by atoms with Crippen molar-refractivity contribution in [2.45, 2.75) is 6.61 Å². The van der Waals surface area contributed by atoms with E-state index < -0.39 is 0 Å². The van der Waals surface area contributed by atoms with Gasteiger partial charge in [-0.15, -0.1) is 0 Å². The zero-order valence-corrected chi connectivity index (χ0v) is 9.21. The first-order valence-electron chi connectivity index (χ1n) is 5.46. The maximum atomic E-state index is 5.63. The van der Waals surface area contributed by atoms with Gasteiger partial charge in [-0.25, -0.2) is 4.98 Å². The molecule has 0 saturated heterocycles. The number of benzene rings is 1. The second kappa shape index (κ2) is 4.29. The van der Waals surface area contributed by atoms with E-state index in [1.54, 1.807) is 12.4 Å². The molecule has 1 aliphatic heterocycles. The minimum absolute atomic E-state index is 0.535. The molecule has 0 saturated carbocycles. The third-order valence-electron chi connectivity index (χ3n) is 2.59. The summed E-state index contributed by atoms with van der Waals surface area (Å²) in [6, 6.07) is 12.0.